The standard InChI is InChI=1S/C17H19N5/c18-9-2-1-3-10-20-17-14-5-4-6-15(14)21-16(22-17)13-7-11-19-12-8-13/h7-8,11-12H,1-6,10H2,(H,20,21,22). The lowest BCUT2D eigenvalue weighted by Gasteiger charge is -2.12. The van der Waals surface area contributed by atoms with Gasteiger partial charge in [0.2, 0.25) is 0 Å². The van der Waals surface area contributed by atoms with Crippen LogP contribution in [0.4, 0.5) is 5.82 Å². The SMILES string of the molecule is N#CCCCCNc1nc(-c2ccncc2)nc2c1CCC2. The molecule has 22 heavy (non-hydrogen) atoms. The number of hydrogen-bond donors (Lipinski definition) is 1. The smallest absolute Gasteiger partial charge is 0.161 e. The second-order valence-electron chi connectivity index (χ2n) is 5.45. The summed E-state index contributed by atoms with van der Waals surface area (Å²) in [6, 6.07) is 6.06. The Kier molecular flexibility index (Phi) is 4.59. The molecule has 1 N–H and O–H groups in total. The van der Waals surface area contributed by atoms with E-state index >= 15 is 0 Å². The molecule has 0 aromatic carbocycles. The fourth-order valence-corrected chi connectivity index (χ4v) is 2.74. The summed E-state index contributed by atoms with van der Waals surface area (Å²) < 4.78 is 0. The van der Waals surface area contributed by atoms with E-state index in [1.165, 1.54) is 11.3 Å². The summed E-state index contributed by atoms with van der Waals surface area (Å²) in [7, 11) is 0. The molecule has 0 saturated carbocycles. The minimum atomic E-state index is 0.617. The lowest BCUT2D eigenvalue weighted by Crippen LogP contribution is -2.08. The molecule has 0 bridgehead atoms. The van der Waals surface area contributed by atoms with Crippen molar-refractivity contribution in [3.05, 3.63) is 35.8 Å². The summed E-state index contributed by atoms with van der Waals surface area (Å²) in [6.07, 6.45) is 9.27. The molecule has 0 unspecified atom stereocenters. The number of fused-ring (bicyclic) bond motifs is 1. The Morgan fingerprint density at radius 2 is 2.00 bits per heavy atom. The number of aryl methyl sites for hydroxylation is 1. The molecule has 0 radical (unpaired) electrons. The molecule has 112 valence electrons. The van der Waals surface area contributed by atoms with Crippen LogP contribution >= 0.6 is 0 Å². The van der Waals surface area contributed by atoms with E-state index in [-0.39, 0.29) is 0 Å². The van der Waals surface area contributed by atoms with E-state index in [0.29, 0.717) is 6.42 Å². The summed E-state index contributed by atoms with van der Waals surface area (Å²) in [5.41, 5.74) is 3.43. The van der Waals surface area contributed by atoms with E-state index in [1.54, 1.807) is 12.4 Å². The molecule has 5 heteroatoms. The van der Waals surface area contributed by atoms with E-state index in [9.17, 15) is 0 Å². The van der Waals surface area contributed by atoms with Crippen molar-refractivity contribution >= 4 is 5.82 Å². The van der Waals surface area contributed by atoms with Crippen LogP contribution in [0.5, 0.6) is 0 Å². The molecule has 1 aliphatic rings. The maximum Gasteiger partial charge on any atom is 0.161 e. The van der Waals surface area contributed by atoms with E-state index in [2.05, 4.69) is 16.4 Å². The first-order chi connectivity index (χ1) is 10.9. The number of nitrogens with zero attached hydrogens (tertiary/aromatic N) is 4. The highest BCUT2D eigenvalue weighted by Crippen LogP contribution is 2.29. The Labute approximate surface area is 130 Å². The number of nitriles is 1. The van der Waals surface area contributed by atoms with Crippen molar-refractivity contribution in [2.45, 2.75) is 38.5 Å². The van der Waals surface area contributed by atoms with Gasteiger partial charge in [0.05, 0.1) is 6.07 Å². The van der Waals surface area contributed by atoms with Crippen LogP contribution in [-0.4, -0.2) is 21.5 Å². The third-order valence-electron chi connectivity index (χ3n) is 3.88. The minimum absolute atomic E-state index is 0.617. The van der Waals surface area contributed by atoms with Crippen molar-refractivity contribution in [1.82, 2.24) is 15.0 Å². The van der Waals surface area contributed by atoms with Gasteiger partial charge < -0.3 is 5.32 Å². The molecular weight excluding hydrogens is 274 g/mol. The molecule has 2 aromatic rings. The topological polar surface area (TPSA) is 74.5 Å². The fourth-order valence-electron chi connectivity index (χ4n) is 2.74. The Bertz CT molecular complexity index is 675. The van der Waals surface area contributed by atoms with E-state index in [1.807, 2.05) is 12.1 Å². The predicted molar refractivity (Wildman–Crippen MR) is 85.2 cm³/mol. The van der Waals surface area contributed by atoms with Gasteiger partial charge in [-0.05, 0) is 44.2 Å². The highest BCUT2D eigenvalue weighted by atomic mass is 15.0. The Morgan fingerprint density at radius 3 is 2.82 bits per heavy atom. The summed E-state index contributed by atoms with van der Waals surface area (Å²) in [5.74, 6) is 1.73. The second kappa shape index (κ2) is 6.99. The quantitative estimate of drug-likeness (QED) is 0.828. The van der Waals surface area contributed by atoms with Gasteiger partial charge in [0.25, 0.3) is 0 Å². The van der Waals surface area contributed by atoms with Crippen LogP contribution in [0.15, 0.2) is 24.5 Å². The molecule has 5 nitrogen and oxygen atoms in total. The highest BCUT2D eigenvalue weighted by molar-refractivity contribution is 5.60. The number of anilines is 1. The van der Waals surface area contributed by atoms with Crippen LogP contribution in [0, 0.1) is 11.3 Å². The molecule has 1 aliphatic carbocycles. The fraction of sp³-hybridized carbons (Fsp3) is 0.412. The van der Waals surface area contributed by atoms with Gasteiger partial charge in [-0.2, -0.15) is 5.26 Å². The van der Waals surface area contributed by atoms with E-state index < -0.39 is 0 Å². The number of rotatable bonds is 6. The van der Waals surface area contributed by atoms with E-state index in [4.69, 9.17) is 15.2 Å². The van der Waals surface area contributed by atoms with Crippen molar-refractivity contribution in [3.8, 4) is 17.5 Å². The molecule has 0 fully saturated rings. The average molecular weight is 293 g/mol. The van der Waals surface area contributed by atoms with Crippen molar-refractivity contribution in [1.29, 1.82) is 5.26 Å². The first-order valence-electron chi connectivity index (χ1n) is 7.79. The van der Waals surface area contributed by atoms with Crippen molar-refractivity contribution in [3.63, 3.8) is 0 Å². The zero-order chi connectivity index (χ0) is 15.2. The van der Waals surface area contributed by atoms with Gasteiger partial charge in [-0.3, -0.25) is 4.98 Å². The Morgan fingerprint density at radius 1 is 1.14 bits per heavy atom. The molecule has 0 aliphatic heterocycles. The summed E-state index contributed by atoms with van der Waals surface area (Å²) in [6.45, 7) is 0.848. The predicted octanol–water partition coefficient (Wildman–Crippen LogP) is 3.13. The van der Waals surface area contributed by atoms with Crippen LogP contribution in [0.25, 0.3) is 11.4 Å². The van der Waals surface area contributed by atoms with Crippen molar-refractivity contribution in [2.24, 2.45) is 0 Å². The second-order valence-corrected chi connectivity index (χ2v) is 5.45. The molecule has 2 heterocycles. The summed E-state index contributed by atoms with van der Waals surface area (Å²) in [5, 5.41) is 12.0. The monoisotopic (exact) mass is 293 g/mol. The number of unbranched alkanes of at least 4 members (excludes halogenated alkanes) is 2. The first kappa shape index (κ1) is 14.5. The minimum Gasteiger partial charge on any atom is -0.370 e. The van der Waals surface area contributed by atoms with Crippen LogP contribution < -0.4 is 5.32 Å². The van der Waals surface area contributed by atoms with Gasteiger partial charge in [-0.25, -0.2) is 9.97 Å². The maximum atomic E-state index is 8.58. The van der Waals surface area contributed by atoms with Crippen molar-refractivity contribution < 1.29 is 0 Å². The van der Waals surface area contributed by atoms with Crippen molar-refractivity contribution in [2.75, 3.05) is 11.9 Å². The number of nitrogens with one attached hydrogen (secondary N) is 1. The zero-order valence-corrected chi connectivity index (χ0v) is 12.5. The average Bonchev–Trinajstić information content (AvgIpc) is 3.04. The number of pyridine rings is 1. The lowest BCUT2D eigenvalue weighted by molar-refractivity contribution is 0.781. The van der Waals surface area contributed by atoms with Crippen LogP contribution in [0.1, 0.15) is 36.9 Å². The molecule has 2 aromatic heterocycles. The summed E-state index contributed by atoms with van der Waals surface area (Å²) in [4.78, 5) is 13.5. The number of hydrogen-bond acceptors (Lipinski definition) is 5. The van der Waals surface area contributed by atoms with Crippen LogP contribution in [0.3, 0.4) is 0 Å². The van der Waals surface area contributed by atoms with Gasteiger partial charge in [0.15, 0.2) is 5.82 Å². The molecule has 0 spiro atoms. The van der Waals surface area contributed by atoms with Gasteiger partial charge in [-0.15, -0.1) is 0 Å². The van der Waals surface area contributed by atoms with Gasteiger partial charge >= 0.3 is 0 Å². The maximum absolute atomic E-state index is 8.58. The van der Waals surface area contributed by atoms with Gasteiger partial charge in [0.1, 0.15) is 5.82 Å². The molecule has 0 atom stereocenters. The molecule has 0 amide bonds. The van der Waals surface area contributed by atoms with Gasteiger partial charge in [-0.1, -0.05) is 0 Å². The molecule has 3 rings (SSSR count). The van der Waals surface area contributed by atoms with Crippen LogP contribution in [-0.2, 0) is 12.8 Å². The van der Waals surface area contributed by atoms with Gasteiger partial charge in [0, 0.05) is 42.2 Å². The zero-order valence-electron chi connectivity index (χ0n) is 12.5. The van der Waals surface area contributed by atoms with E-state index in [0.717, 1.165) is 55.9 Å². The normalized spacial score (nSPS) is 12.7. The summed E-state index contributed by atoms with van der Waals surface area (Å²) >= 11 is 0. The third kappa shape index (κ3) is 3.22. The Balaban J connectivity index is 1.80. The first-order valence-corrected chi connectivity index (χ1v) is 7.79. The number of aromatic nitrogens is 3. The largest absolute Gasteiger partial charge is 0.370 e. The lowest BCUT2D eigenvalue weighted by atomic mass is 10.2. The molecular formula is C17H19N5. The third-order valence-corrected chi connectivity index (χ3v) is 3.88. The van der Waals surface area contributed by atoms with Crippen LogP contribution in [0.2, 0.25) is 0 Å². The molecule has 0 saturated heterocycles. The highest BCUT2D eigenvalue weighted by Gasteiger charge is 2.19. The Hall–Kier alpha value is -2.48.